The lowest BCUT2D eigenvalue weighted by molar-refractivity contribution is -0.122. The second-order valence-electron chi connectivity index (χ2n) is 3.81. The maximum absolute atomic E-state index is 11.8. The van der Waals surface area contributed by atoms with Gasteiger partial charge in [-0.15, -0.1) is 0 Å². The summed E-state index contributed by atoms with van der Waals surface area (Å²) in [6.07, 6.45) is 0.330. The number of nitrogens with zero attached hydrogens (tertiary/aromatic N) is 1. The lowest BCUT2D eigenvalue weighted by Gasteiger charge is -2.26. The van der Waals surface area contributed by atoms with Gasteiger partial charge in [0, 0.05) is 12.0 Å². The molecule has 1 heterocycles. The number of hydrogen-bond donors (Lipinski definition) is 2. The highest BCUT2D eigenvalue weighted by Gasteiger charge is 2.46. The number of aromatic hydroxyl groups is 1. The second kappa shape index (κ2) is 4.50. The molecule has 2 rings (SSSR count). The number of para-hydroxylation sites is 1. The summed E-state index contributed by atoms with van der Waals surface area (Å²) in [4.78, 5) is 15.7. The highest BCUT2D eigenvalue weighted by atomic mass is 32.2. The van der Waals surface area contributed by atoms with Gasteiger partial charge in [-0.05, 0) is 6.07 Å². The number of Topliss-reactive ketones (excluding diaryl/α,β-unsaturated/α-hetero) is 1. The van der Waals surface area contributed by atoms with Gasteiger partial charge >= 0.3 is 0 Å². The van der Waals surface area contributed by atoms with E-state index in [-0.39, 0.29) is 17.1 Å². The minimum absolute atomic E-state index is 0.0523. The summed E-state index contributed by atoms with van der Waals surface area (Å²) in [6, 6.07) is 6.40. The molecule has 1 aromatic rings. The van der Waals surface area contributed by atoms with Gasteiger partial charge in [-0.1, -0.05) is 36.9 Å². The first-order chi connectivity index (χ1) is 8.09. The minimum Gasteiger partial charge on any atom is -0.507 e. The van der Waals surface area contributed by atoms with Crippen LogP contribution >= 0.6 is 11.8 Å². The molecule has 2 atom stereocenters. The molecule has 1 aliphatic heterocycles. The summed E-state index contributed by atoms with van der Waals surface area (Å²) in [6.45, 7) is 1.74. The van der Waals surface area contributed by atoms with Gasteiger partial charge in [0.1, 0.15) is 11.0 Å². The fourth-order valence-corrected chi connectivity index (χ4v) is 2.85. The Bertz CT molecular complexity index is 475. The third-order valence-corrected chi connectivity index (χ3v) is 3.84. The molecule has 17 heavy (non-hydrogen) atoms. The third kappa shape index (κ3) is 1.96. The predicted octanol–water partition coefficient (Wildman–Crippen LogP) is 1.66. The first-order valence-corrected chi connectivity index (χ1v) is 6.26. The van der Waals surface area contributed by atoms with E-state index in [1.165, 1.54) is 23.4 Å². The van der Waals surface area contributed by atoms with Gasteiger partial charge in [0.2, 0.25) is 5.72 Å². The molecule has 90 valence electrons. The van der Waals surface area contributed by atoms with Crippen LogP contribution in [0, 0.1) is 0 Å². The lowest BCUT2D eigenvalue weighted by atomic mass is 9.95. The number of benzene rings is 1. The van der Waals surface area contributed by atoms with E-state index in [0.29, 0.717) is 6.42 Å². The van der Waals surface area contributed by atoms with Crippen molar-refractivity contribution in [1.82, 2.24) is 0 Å². The van der Waals surface area contributed by atoms with Crippen LogP contribution in [0.3, 0.4) is 0 Å². The molecule has 0 saturated carbocycles. The number of phenolic OH excluding ortho intramolecular Hbond substituents is 1. The molecule has 0 spiro atoms. The van der Waals surface area contributed by atoms with Crippen molar-refractivity contribution in [1.29, 1.82) is 0 Å². The topological polar surface area (TPSA) is 69.9 Å². The van der Waals surface area contributed by atoms with Gasteiger partial charge < -0.3 is 10.2 Å². The average molecular weight is 251 g/mol. The van der Waals surface area contributed by atoms with Crippen LogP contribution in [0.25, 0.3) is 0 Å². The Morgan fingerprint density at radius 2 is 2.24 bits per heavy atom. The number of rotatable bonds is 3. The molecule has 0 fully saturated rings. The fraction of sp³-hybridized carbons (Fsp3) is 0.333. The van der Waals surface area contributed by atoms with Gasteiger partial charge in [0.25, 0.3) is 0 Å². The molecule has 0 saturated heterocycles. The number of hydrogen-bond acceptors (Lipinski definition) is 5. The largest absolute Gasteiger partial charge is 0.507 e. The van der Waals surface area contributed by atoms with E-state index in [2.05, 4.69) is 4.99 Å². The van der Waals surface area contributed by atoms with E-state index in [1.807, 2.05) is 0 Å². The summed E-state index contributed by atoms with van der Waals surface area (Å²) >= 11 is 1.18. The van der Waals surface area contributed by atoms with E-state index in [1.54, 1.807) is 25.1 Å². The zero-order valence-electron chi connectivity index (χ0n) is 9.33. The zero-order chi connectivity index (χ0) is 12.5. The smallest absolute Gasteiger partial charge is 0.205 e. The van der Waals surface area contributed by atoms with Crippen LogP contribution in [0.4, 0.5) is 0 Å². The molecule has 0 amide bonds. The van der Waals surface area contributed by atoms with Crippen LogP contribution < -0.4 is 0 Å². The average Bonchev–Trinajstić information content (AvgIpc) is 2.72. The van der Waals surface area contributed by atoms with Gasteiger partial charge in [-0.3, -0.25) is 4.79 Å². The molecule has 4 nitrogen and oxygen atoms in total. The van der Waals surface area contributed by atoms with Crippen molar-refractivity contribution in [3.05, 3.63) is 29.8 Å². The Morgan fingerprint density at radius 1 is 1.53 bits per heavy atom. The van der Waals surface area contributed by atoms with Gasteiger partial charge in [-0.2, -0.15) is 0 Å². The van der Waals surface area contributed by atoms with Crippen molar-refractivity contribution >= 4 is 23.1 Å². The molecule has 5 heteroatoms. The Labute approximate surface area is 103 Å². The summed E-state index contributed by atoms with van der Waals surface area (Å²) < 4.78 is 0. The van der Waals surface area contributed by atoms with Gasteiger partial charge in [0.15, 0.2) is 5.78 Å². The fourth-order valence-electron chi connectivity index (χ4n) is 1.82. The number of carbonyl (C=O) groups excluding carboxylic acids is 1. The number of thioether (sulfide) groups is 1. The number of ketones is 1. The molecular formula is C12H13NO3S. The van der Waals surface area contributed by atoms with Crippen LogP contribution in [0.15, 0.2) is 29.3 Å². The zero-order valence-corrected chi connectivity index (χ0v) is 10.1. The van der Waals surface area contributed by atoms with E-state index in [9.17, 15) is 15.0 Å². The van der Waals surface area contributed by atoms with Gasteiger partial charge in [-0.25, -0.2) is 4.99 Å². The van der Waals surface area contributed by atoms with Crippen molar-refractivity contribution in [3.63, 3.8) is 0 Å². The van der Waals surface area contributed by atoms with Crippen LogP contribution in [-0.4, -0.2) is 26.8 Å². The molecule has 1 aromatic carbocycles. The number of aliphatic imine (C=N–C) groups is 1. The predicted molar refractivity (Wildman–Crippen MR) is 67.2 cm³/mol. The van der Waals surface area contributed by atoms with Crippen LogP contribution in [0.2, 0.25) is 0 Å². The van der Waals surface area contributed by atoms with Crippen LogP contribution in [0.1, 0.15) is 18.9 Å². The van der Waals surface area contributed by atoms with Crippen molar-refractivity contribution in [2.45, 2.75) is 24.3 Å². The molecule has 1 aliphatic rings. The Balaban J connectivity index is 2.44. The van der Waals surface area contributed by atoms with E-state index < -0.39 is 11.0 Å². The highest BCUT2D eigenvalue weighted by molar-refractivity contribution is 8.13. The summed E-state index contributed by atoms with van der Waals surface area (Å²) in [5, 5.41) is 19.6. The molecule has 0 radical (unpaired) electrons. The van der Waals surface area contributed by atoms with Crippen molar-refractivity contribution < 1.29 is 15.0 Å². The van der Waals surface area contributed by atoms with Crippen molar-refractivity contribution in [2.75, 3.05) is 0 Å². The molecule has 2 N–H and O–H groups in total. The monoisotopic (exact) mass is 251 g/mol. The van der Waals surface area contributed by atoms with E-state index in [4.69, 9.17) is 0 Å². The first-order valence-electron chi connectivity index (χ1n) is 5.32. The minimum atomic E-state index is -1.65. The standard InChI is InChI=1S/C12H13NO3S/c1-2-9(14)11-12(16,13-7-17-11)8-5-3-4-6-10(8)15/h3-7,11,15-16H,2H2,1H3. The van der Waals surface area contributed by atoms with Crippen LogP contribution in [-0.2, 0) is 10.5 Å². The highest BCUT2D eigenvalue weighted by Crippen LogP contribution is 2.42. The quantitative estimate of drug-likeness (QED) is 0.857. The second-order valence-corrected chi connectivity index (χ2v) is 4.77. The van der Waals surface area contributed by atoms with E-state index >= 15 is 0 Å². The maximum atomic E-state index is 11.8. The summed E-state index contributed by atoms with van der Waals surface area (Å²) in [5.74, 6) is -0.137. The Kier molecular flexibility index (Phi) is 3.22. The number of phenols is 1. The number of carbonyl (C=O) groups is 1. The molecule has 0 aliphatic carbocycles. The summed E-state index contributed by atoms with van der Waals surface area (Å²) in [7, 11) is 0. The Morgan fingerprint density at radius 3 is 2.88 bits per heavy atom. The molecule has 0 aromatic heterocycles. The van der Waals surface area contributed by atoms with Gasteiger partial charge in [0.05, 0.1) is 5.55 Å². The summed E-state index contributed by atoms with van der Waals surface area (Å²) in [5.41, 5.74) is 0.0846. The first kappa shape index (κ1) is 12.1. The molecule has 2 unspecified atom stereocenters. The SMILES string of the molecule is CCC(=O)C1SC=NC1(O)c1ccccc1O. The number of aliphatic hydroxyl groups is 1. The van der Waals surface area contributed by atoms with Crippen molar-refractivity contribution in [2.24, 2.45) is 4.99 Å². The molecule has 0 bridgehead atoms. The lowest BCUT2D eigenvalue weighted by Crippen LogP contribution is -2.38. The maximum Gasteiger partial charge on any atom is 0.205 e. The Hall–Kier alpha value is -1.33. The normalized spacial score (nSPS) is 27.3. The van der Waals surface area contributed by atoms with E-state index in [0.717, 1.165) is 0 Å². The van der Waals surface area contributed by atoms with Crippen LogP contribution in [0.5, 0.6) is 5.75 Å². The van der Waals surface area contributed by atoms with Crippen molar-refractivity contribution in [3.8, 4) is 5.75 Å². The third-order valence-electron chi connectivity index (χ3n) is 2.75. The molecular weight excluding hydrogens is 238 g/mol.